The van der Waals surface area contributed by atoms with Crippen LogP contribution >= 0.6 is 0 Å². The van der Waals surface area contributed by atoms with Gasteiger partial charge in [-0.1, -0.05) is 20.8 Å². The van der Waals surface area contributed by atoms with Crippen LogP contribution in [0.25, 0.3) is 0 Å². The van der Waals surface area contributed by atoms with Crippen molar-refractivity contribution in [1.82, 2.24) is 0 Å². The fourth-order valence-electron chi connectivity index (χ4n) is 1.16. The van der Waals surface area contributed by atoms with Crippen molar-refractivity contribution in [3.8, 4) is 0 Å². The largest absolute Gasteiger partial charge is 0.299 e. The van der Waals surface area contributed by atoms with Crippen molar-refractivity contribution < 1.29 is 9.00 Å². The van der Waals surface area contributed by atoms with Crippen LogP contribution < -0.4 is 0 Å². The van der Waals surface area contributed by atoms with E-state index in [1.807, 2.05) is 20.8 Å². The Labute approximate surface area is 76.2 Å². The Kier molecular flexibility index (Phi) is 2.71. The van der Waals surface area contributed by atoms with Crippen molar-refractivity contribution in [2.45, 2.75) is 27.2 Å². The molecule has 1 fully saturated rings. The number of hydrogen-bond acceptors (Lipinski definition) is 2. The monoisotopic (exact) mass is 188 g/mol. The first kappa shape index (κ1) is 9.90. The normalized spacial score (nSPS) is 29.6. The van der Waals surface area contributed by atoms with E-state index >= 15 is 0 Å². The van der Waals surface area contributed by atoms with E-state index < -0.39 is 10.8 Å². The molecule has 1 heterocycles. The van der Waals surface area contributed by atoms with Crippen LogP contribution in [0.4, 0.5) is 0 Å². The van der Waals surface area contributed by atoms with Crippen LogP contribution in [-0.4, -0.2) is 21.5 Å². The highest BCUT2D eigenvalue weighted by molar-refractivity contribution is 7.86. The quantitative estimate of drug-likeness (QED) is 0.656. The Morgan fingerprint density at radius 2 is 1.92 bits per heavy atom. The minimum absolute atomic E-state index is 0.225. The molecule has 0 aromatic carbocycles. The molecule has 0 unspecified atom stereocenters. The lowest BCUT2D eigenvalue weighted by atomic mass is 9.86. The molecule has 0 aliphatic carbocycles. The third kappa shape index (κ3) is 2.41. The summed E-state index contributed by atoms with van der Waals surface area (Å²) in [5.74, 6) is 2.17. The number of carbonyl (C=O) groups is 1. The molecule has 12 heavy (non-hydrogen) atoms. The lowest BCUT2D eigenvalue weighted by molar-refractivity contribution is -0.127. The Morgan fingerprint density at radius 3 is 2.25 bits per heavy atom. The summed E-state index contributed by atoms with van der Waals surface area (Å²) in [4.78, 5) is 11.5. The average Bonchev–Trinajstić information content (AvgIpc) is 1.82. The Bertz CT molecular complexity index is 207. The van der Waals surface area contributed by atoms with Crippen LogP contribution in [0.15, 0.2) is 0 Å². The van der Waals surface area contributed by atoms with Crippen LogP contribution in [0.3, 0.4) is 0 Å². The molecule has 0 radical (unpaired) electrons. The average molecular weight is 188 g/mol. The first-order chi connectivity index (χ1) is 5.39. The van der Waals surface area contributed by atoms with Gasteiger partial charge in [-0.2, -0.15) is 0 Å². The lowest BCUT2D eigenvalue weighted by Crippen LogP contribution is -2.35. The third-order valence-corrected chi connectivity index (χ3v) is 3.84. The number of hydrogen-bond donors (Lipinski definition) is 0. The molecule has 1 aliphatic heterocycles. The maximum absolute atomic E-state index is 11.5. The van der Waals surface area contributed by atoms with Gasteiger partial charge in [-0.3, -0.25) is 9.00 Å². The molecule has 0 aromatic heterocycles. The number of Topliss-reactive ketones (excluding diaryl/α,β-unsaturated/α-hetero) is 1. The van der Waals surface area contributed by atoms with Crippen LogP contribution in [0.2, 0.25) is 0 Å². The van der Waals surface area contributed by atoms with Gasteiger partial charge in [-0.25, -0.2) is 0 Å². The van der Waals surface area contributed by atoms with Gasteiger partial charge in [-0.05, 0) is 5.92 Å². The SMILES string of the molecule is CC(C)(C)C(=O)CC1CS(=O)C1. The molecule has 1 saturated heterocycles. The van der Waals surface area contributed by atoms with E-state index in [-0.39, 0.29) is 5.41 Å². The van der Waals surface area contributed by atoms with Gasteiger partial charge in [0.1, 0.15) is 5.78 Å². The van der Waals surface area contributed by atoms with Gasteiger partial charge in [-0.15, -0.1) is 0 Å². The van der Waals surface area contributed by atoms with E-state index in [4.69, 9.17) is 0 Å². The molecule has 0 bridgehead atoms. The molecular weight excluding hydrogens is 172 g/mol. The zero-order valence-electron chi connectivity index (χ0n) is 7.92. The maximum Gasteiger partial charge on any atom is 0.138 e. The summed E-state index contributed by atoms with van der Waals surface area (Å²) in [6.45, 7) is 5.81. The predicted molar refractivity (Wildman–Crippen MR) is 50.4 cm³/mol. The van der Waals surface area contributed by atoms with E-state index in [0.717, 1.165) is 11.5 Å². The summed E-state index contributed by atoms with van der Waals surface area (Å²) in [7, 11) is -0.617. The minimum atomic E-state index is -0.617. The van der Waals surface area contributed by atoms with Gasteiger partial charge >= 0.3 is 0 Å². The Hall–Kier alpha value is -0.180. The molecule has 3 heteroatoms. The zero-order chi connectivity index (χ0) is 9.35. The second-order valence-electron chi connectivity index (χ2n) is 4.52. The van der Waals surface area contributed by atoms with Crippen molar-refractivity contribution in [3.63, 3.8) is 0 Å². The third-order valence-electron chi connectivity index (χ3n) is 2.15. The van der Waals surface area contributed by atoms with E-state index in [1.54, 1.807) is 0 Å². The van der Waals surface area contributed by atoms with Crippen molar-refractivity contribution in [2.75, 3.05) is 11.5 Å². The smallest absolute Gasteiger partial charge is 0.138 e. The first-order valence-electron chi connectivity index (χ1n) is 4.28. The molecule has 0 aromatic rings. The summed E-state index contributed by atoms with van der Waals surface area (Å²) in [5, 5.41) is 0. The summed E-state index contributed by atoms with van der Waals surface area (Å²) in [5.41, 5.74) is -0.225. The first-order valence-corrected chi connectivity index (χ1v) is 5.76. The van der Waals surface area contributed by atoms with E-state index in [9.17, 15) is 9.00 Å². The second kappa shape index (κ2) is 3.29. The summed E-state index contributed by atoms with van der Waals surface area (Å²) >= 11 is 0. The molecular formula is C9H16O2S. The predicted octanol–water partition coefficient (Wildman–Crippen LogP) is 1.37. The Balaban J connectivity index is 2.33. The minimum Gasteiger partial charge on any atom is -0.299 e. The van der Waals surface area contributed by atoms with Gasteiger partial charge in [0.25, 0.3) is 0 Å². The van der Waals surface area contributed by atoms with Crippen LogP contribution in [0.5, 0.6) is 0 Å². The molecule has 1 rings (SSSR count). The molecule has 70 valence electrons. The fourth-order valence-corrected chi connectivity index (χ4v) is 2.35. The molecule has 2 nitrogen and oxygen atoms in total. The van der Waals surface area contributed by atoms with Crippen molar-refractivity contribution >= 4 is 16.6 Å². The highest BCUT2D eigenvalue weighted by atomic mass is 32.2. The second-order valence-corrected chi connectivity index (χ2v) is 6.06. The topological polar surface area (TPSA) is 34.1 Å². The highest BCUT2D eigenvalue weighted by Crippen LogP contribution is 2.24. The lowest BCUT2D eigenvalue weighted by Gasteiger charge is -2.27. The molecule has 0 saturated carbocycles. The number of ketones is 1. The standard InChI is InChI=1S/C9H16O2S/c1-9(2,3)8(10)4-7-5-12(11)6-7/h7H,4-6H2,1-3H3. The summed E-state index contributed by atoms with van der Waals surface area (Å²) < 4.78 is 10.7. The van der Waals surface area contributed by atoms with Gasteiger partial charge in [0.05, 0.1) is 0 Å². The number of carbonyl (C=O) groups excluding carboxylic acids is 1. The van der Waals surface area contributed by atoms with Crippen LogP contribution in [-0.2, 0) is 15.6 Å². The van der Waals surface area contributed by atoms with Gasteiger partial charge in [0, 0.05) is 34.1 Å². The maximum atomic E-state index is 11.5. The van der Waals surface area contributed by atoms with Crippen LogP contribution in [0.1, 0.15) is 27.2 Å². The van der Waals surface area contributed by atoms with Crippen molar-refractivity contribution in [3.05, 3.63) is 0 Å². The van der Waals surface area contributed by atoms with Crippen LogP contribution in [0, 0.1) is 11.3 Å². The fraction of sp³-hybridized carbons (Fsp3) is 0.889. The molecule has 0 amide bonds. The van der Waals surface area contributed by atoms with Gasteiger partial charge in [0.2, 0.25) is 0 Å². The van der Waals surface area contributed by atoms with Crippen molar-refractivity contribution in [1.29, 1.82) is 0 Å². The number of rotatable bonds is 2. The molecule has 0 atom stereocenters. The van der Waals surface area contributed by atoms with E-state index in [0.29, 0.717) is 18.1 Å². The molecule has 0 N–H and O–H groups in total. The molecule has 0 spiro atoms. The summed E-state index contributed by atoms with van der Waals surface area (Å²) in [6, 6.07) is 0. The summed E-state index contributed by atoms with van der Waals surface area (Å²) in [6.07, 6.45) is 0.620. The molecule has 1 aliphatic rings. The Morgan fingerprint density at radius 1 is 1.42 bits per heavy atom. The van der Waals surface area contributed by atoms with Crippen molar-refractivity contribution in [2.24, 2.45) is 11.3 Å². The van der Waals surface area contributed by atoms with E-state index in [2.05, 4.69) is 0 Å². The highest BCUT2D eigenvalue weighted by Gasteiger charge is 2.31. The van der Waals surface area contributed by atoms with E-state index in [1.165, 1.54) is 0 Å². The van der Waals surface area contributed by atoms with Gasteiger partial charge < -0.3 is 0 Å². The zero-order valence-corrected chi connectivity index (χ0v) is 8.74. The van der Waals surface area contributed by atoms with Gasteiger partial charge in [0.15, 0.2) is 0 Å².